The molecule has 0 bridgehead atoms. The van der Waals surface area contributed by atoms with E-state index < -0.39 is 0 Å². The van der Waals surface area contributed by atoms with Crippen molar-refractivity contribution in [2.75, 3.05) is 19.7 Å². The Hall–Kier alpha value is -1.33. The topological polar surface area (TPSA) is 62.4 Å². The summed E-state index contributed by atoms with van der Waals surface area (Å²) in [7, 11) is 0. The van der Waals surface area contributed by atoms with Gasteiger partial charge in [0.1, 0.15) is 5.02 Å². The van der Waals surface area contributed by atoms with E-state index in [2.05, 4.69) is 18.8 Å². The summed E-state index contributed by atoms with van der Waals surface area (Å²) in [4.78, 5) is 27.8. The highest BCUT2D eigenvalue weighted by molar-refractivity contribution is 6.30. The van der Waals surface area contributed by atoms with Crippen LogP contribution in [0.15, 0.2) is 17.1 Å². The van der Waals surface area contributed by atoms with Gasteiger partial charge in [-0.15, -0.1) is 0 Å². The smallest absolute Gasteiger partial charge is 0.266 e. The number of halogens is 1. The molecule has 1 aliphatic heterocycles. The first kappa shape index (κ1) is 16.0. The molecule has 6 heteroatoms. The van der Waals surface area contributed by atoms with Crippen LogP contribution in [-0.2, 0) is 4.74 Å². The molecule has 116 valence electrons. The molecule has 2 rings (SSSR count). The van der Waals surface area contributed by atoms with Crippen molar-refractivity contribution in [2.24, 2.45) is 5.92 Å². The zero-order chi connectivity index (χ0) is 15.4. The van der Waals surface area contributed by atoms with Crippen LogP contribution in [0.5, 0.6) is 0 Å². The highest BCUT2D eigenvalue weighted by atomic mass is 35.5. The van der Waals surface area contributed by atoms with Crippen molar-refractivity contribution in [3.8, 4) is 0 Å². The predicted octanol–water partition coefficient (Wildman–Crippen LogP) is 2.31. The van der Waals surface area contributed by atoms with E-state index in [4.69, 9.17) is 16.3 Å². The van der Waals surface area contributed by atoms with Crippen LogP contribution in [0.1, 0.15) is 37.0 Å². The number of H-pyrrole nitrogens is 1. The standard InChI is InChI=1S/C15H21ClN2O3/c1-10(2)9-21-12-3-5-18(6-4-12)15(20)11-7-13(16)14(19)17-8-11/h7-8,10,12H,3-6,9H2,1-2H3,(H,17,19). The van der Waals surface area contributed by atoms with Gasteiger partial charge < -0.3 is 14.6 Å². The molecule has 2 heterocycles. The Morgan fingerprint density at radius 3 is 2.71 bits per heavy atom. The van der Waals surface area contributed by atoms with Gasteiger partial charge in [0.25, 0.3) is 11.5 Å². The third-order valence-corrected chi connectivity index (χ3v) is 3.78. The molecule has 5 nitrogen and oxygen atoms in total. The van der Waals surface area contributed by atoms with Gasteiger partial charge in [0.15, 0.2) is 0 Å². The lowest BCUT2D eigenvalue weighted by molar-refractivity contribution is -0.00231. The largest absolute Gasteiger partial charge is 0.378 e. The Morgan fingerprint density at radius 2 is 2.14 bits per heavy atom. The fourth-order valence-electron chi connectivity index (χ4n) is 2.32. The van der Waals surface area contributed by atoms with Crippen molar-refractivity contribution in [1.29, 1.82) is 0 Å². The maximum absolute atomic E-state index is 12.3. The number of aromatic nitrogens is 1. The van der Waals surface area contributed by atoms with Gasteiger partial charge in [-0.05, 0) is 24.8 Å². The number of carbonyl (C=O) groups excluding carboxylic acids is 1. The summed E-state index contributed by atoms with van der Waals surface area (Å²) in [6.07, 6.45) is 3.33. The molecule has 0 atom stereocenters. The second-order valence-corrected chi connectivity index (χ2v) is 6.19. The van der Waals surface area contributed by atoms with Crippen molar-refractivity contribution in [3.63, 3.8) is 0 Å². The maximum Gasteiger partial charge on any atom is 0.266 e. The van der Waals surface area contributed by atoms with Crippen LogP contribution in [-0.4, -0.2) is 41.6 Å². The third kappa shape index (κ3) is 4.32. The number of aromatic amines is 1. The molecule has 0 aliphatic carbocycles. The molecule has 0 aromatic carbocycles. The summed E-state index contributed by atoms with van der Waals surface area (Å²) in [6, 6.07) is 1.42. The highest BCUT2D eigenvalue weighted by Crippen LogP contribution is 2.17. The Morgan fingerprint density at radius 1 is 1.48 bits per heavy atom. The monoisotopic (exact) mass is 312 g/mol. The van der Waals surface area contributed by atoms with Gasteiger partial charge in [-0.1, -0.05) is 25.4 Å². The number of nitrogens with one attached hydrogen (secondary N) is 1. The lowest BCUT2D eigenvalue weighted by atomic mass is 10.1. The van der Waals surface area contributed by atoms with Gasteiger partial charge in [-0.25, -0.2) is 0 Å². The summed E-state index contributed by atoms with van der Waals surface area (Å²) < 4.78 is 5.81. The summed E-state index contributed by atoms with van der Waals surface area (Å²) in [5.74, 6) is 0.420. The first-order valence-corrected chi connectivity index (χ1v) is 7.64. The van der Waals surface area contributed by atoms with Crippen LogP contribution in [0.2, 0.25) is 5.02 Å². The van der Waals surface area contributed by atoms with Gasteiger partial charge in [0, 0.05) is 25.9 Å². The number of amides is 1. The average Bonchev–Trinajstić information content (AvgIpc) is 2.48. The van der Waals surface area contributed by atoms with Crippen LogP contribution < -0.4 is 5.56 Å². The van der Waals surface area contributed by atoms with E-state index in [1.54, 1.807) is 4.90 Å². The summed E-state index contributed by atoms with van der Waals surface area (Å²) in [6.45, 7) is 6.34. The maximum atomic E-state index is 12.3. The van der Waals surface area contributed by atoms with E-state index >= 15 is 0 Å². The molecule has 1 aromatic rings. The predicted molar refractivity (Wildman–Crippen MR) is 81.8 cm³/mol. The Balaban J connectivity index is 1.91. The zero-order valence-corrected chi connectivity index (χ0v) is 13.2. The summed E-state index contributed by atoms with van der Waals surface area (Å²) in [5, 5.41) is 0.0380. The summed E-state index contributed by atoms with van der Waals surface area (Å²) >= 11 is 5.76. The average molecular weight is 313 g/mol. The molecule has 0 saturated carbocycles. The minimum atomic E-state index is -0.381. The Labute approximate surface area is 129 Å². The first-order chi connectivity index (χ1) is 9.97. The number of piperidine rings is 1. The summed E-state index contributed by atoms with van der Waals surface area (Å²) in [5.41, 5.74) is 0.0372. The molecule has 0 radical (unpaired) electrons. The van der Waals surface area contributed by atoms with Gasteiger partial charge >= 0.3 is 0 Å². The van der Waals surface area contributed by atoms with E-state index in [-0.39, 0.29) is 22.6 Å². The SMILES string of the molecule is CC(C)COC1CCN(C(=O)c2c[nH]c(=O)c(Cl)c2)CC1. The van der Waals surface area contributed by atoms with Crippen molar-refractivity contribution >= 4 is 17.5 Å². The fraction of sp³-hybridized carbons (Fsp3) is 0.600. The quantitative estimate of drug-likeness (QED) is 0.928. The number of hydrogen-bond acceptors (Lipinski definition) is 3. The molecular weight excluding hydrogens is 292 g/mol. The van der Waals surface area contributed by atoms with E-state index in [9.17, 15) is 9.59 Å². The van der Waals surface area contributed by atoms with Crippen molar-refractivity contribution in [3.05, 3.63) is 33.2 Å². The van der Waals surface area contributed by atoms with Gasteiger partial charge in [-0.3, -0.25) is 9.59 Å². The van der Waals surface area contributed by atoms with Crippen LogP contribution >= 0.6 is 11.6 Å². The van der Waals surface area contributed by atoms with Crippen molar-refractivity contribution in [2.45, 2.75) is 32.8 Å². The van der Waals surface area contributed by atoms with Crippen molar-refractivity contribution < 1.29 is 9.53 Å². The first-order valence-electron chi connectivity index (χ1n) is 7.26. The van der Waals surface area contributed by atoms with E-state index in [0.29, 0.717) is 24.6 Å². The van der Waals surface area contributed by atoms with Crippen LogP contribution in [0.25, 0.3) is 0 Å². The number of pyridine rings is 1. The number of carbonyl (C=O) groups is 1. The highest BCUT2D eigenvalue weighted by Gasteiger charge is 2.24. The molecule has 1 aromatic heterocycles. The van der Waals surface area contributed by atoms with E-state index in [1.807, 2.05) is 0 Å². The molecule has 1 amide bonds. The van der Waals surface area contributed by atoms with E-state index in [0.717, 1.165) is 19.4 Å². The zero-order valence-electron chi connectivity index (χ0n) is 12.4. The Bertz CT molecular complexity index is 548. The van der Waals surface area contributed by atoms with Gasteiger partial charge in [0.2, 0.25) is 0 Å². The number of ether oxygens (including phenoxy) is 1. The van der Waals surface area contributed by atoms with E-state index in [1.165, 1.54) is 12.3 Å². The number of nitrogens with zero attached hydrogens (tertiary/aromatic N) is 1. The second kappa shape index (κ2) is 7.09. The van der Waals surface area contributed by atoms with Crippen LogP contribution in [0, 0.1) is 5.92 Å². The van der Waals surface area contributed by atoms with Gasteiger partial charge in [-0.2, -0.15) is 0 Å². The second-order valence-electron chi connectivity index (χ2n) is 5.78. The minimum Gasteiger partial charge on any atom is -0.378 e. The molecule has 21 heavy (non-hydrogen) atoms. The molecule has 1 N–H and O–H groups in total. The fourth-order valence-corrected chi connectivity index (χ4v) is 2.49. The van der Waals surface area contributed by atoms with Crippen LogP contribution in [0.3, 0.4) is 0 Å². The number of rotatable bonds is 4. The molecule has 0 unspecified atom stereocenters. The Kier molecular flexibility index (Phi) is 5.42. The third-order valence-electron chi connectivity index (χ3n) is 3.50. The van der Waals surface area contributed by atoms with Crippen molar-refractivity contribution in [1.82, 2.24) is 9.88 Å². The minimum absolute atomic E-state index is 0.0380. The molecular formula is C15H21ClN2O3. The van der Waals surface area contributed by atoms with Gasteiger partial charge in [0.05, 0.1) is 11.7 Å². The number of likely N-dealkylation sites (tertiary alicyclic amines) is 1. The molecule has 1 aliphatic rings. The molecule has 1 fully saturated rings. The lowest BCUT2D eigenvalue weighted by Crippen LogP contribution is -2.41. The number of hydrogen-bond donors (Lipinski definition) is 1. The molecule has 1 saturated heterocycles. The normalized spacial score (nSPS) is 16.5. The molecule has 0 spiro atoms. The van der Waals surface area contributed by atoms with Crippen LogP contribution in [0.4, 0.5) is 0 Å². The lowest BCUT2D eigenvalue weighted by Gasteiger charge is -2.32.